The third-order valence-electron chi connectivity index (χ3n) is 4.36. The molecule has 138 valence electrons. The van der Waals surface area contributed by atoms with Gasteiger partial charge in [-0.05, 0) is 31.2 Å². The maximum absolute atomic E-state index is 13.1. The molecule has 0 N–H and O–H groups in total. The molecule has 3 aromatic carbocycles. The molecule has 1 heterocycles. The summed E-state index contributed by atoms with van der Waals surface area (Å²) < 4.78 is 11.5. The summed E-state index contributed by atoms with van der Waals surface area (Å²) in [6.07, 6.45) is 0. The summed E-state index contributed by atoms with van der Waals surface area (Å²) in [4.78, 5) is 25.7. The fourth-order valence-corrected chi connectivity index (χ4v) is 3.10. The van der Waals surface area contributed by atoms with E-state index in [4.69, 9.17) is 20.8 Å². The molecule has 0 unspecified atom stereocenters. The van der Waals surface area contributed by atoms with Crippen LogP contribution in [0.4, 0.5) is 0 Å². The van der Waals surface area contributed by atoms with Gasteiger partial charge < -0.3 is 9.15 Å². The van der Waals surface area contributed by atoms with Gasteiger partial charge in [0, 0.05) is 5.56 Å². The zero-order valence-electron chi connectivity index (χ0n) is 14.9. The Labute approximate surface area is 166 Å². The van der Waals surface area contributed by atoms with Crippen molar-refractivity contribution in [3.8, 4) is 17.1 Å². The Bertz CT molecular complexity index is 1240. The number of hydrogen-bond donors (Lipinski definition) is 0. The molecular weight excluding hydrogens is 376 g/mol. The quantitative estimate of drug-likeness (QED) is 0.425. The van der Waals surface area contributed by atoms with Crippen molar-refractivity contribution in [3.05, 3.63) is 99.2 Å². The molecule has 0 spiro atoms. The van der Waals surface area contributed by atoms with Crippen molar-refractivity contribution in [1.82, 2.24) is 0 Å². The van der Waals surface area contributed by atoms with Crippen molar-refractivity contribution in [3.63, 3.8) is 0 Å². The summed E-state index contributed by atoms with van der Waals surface area (Å²) in [5.41, 5.74) is 1.86. The van der Waals surface area contributed by atoms with E-state index in [1.807, 2.05) is 31.2 Å². The first-order chi connectivity index (χ1) is 13.5. The molecular formula is C23H15ClO4. The summed E-state index contributed by atoms with van der Waals surface area (Å²) in [6.45, 7) is 1.96. The van der Waals surface area contributed by atoms with Crippen molar-refractivity contribution in [2.75, 3.05) is 0 Å². The highest BCUT2D eigenvalue weighted by atomic mass is 35.5. The Morgan fingerprint density at radius 2 is 1.61 bits per heavy atom. The molecule has 4 nitrogen and oxygen atoms in total. The molecule has 0 bridgehead atoms. The van der Waals surface area contributed by atoms with Crippen LogP contribution in [-0.2, 0) is 0 Å². The van der Waals surface area contributed by atoms with Crippen LogP contribution in [-0.4, -0.2) is 5.97 Å². The van der Waals surface area contributed by atoms with Gasteiger partial charge in [-0.2, -0.15) is 0 Å². The predicted octanol–water partition coefficient (Wildman–Crippen LogP) is 5.64. The van der Waals surface area contributed by atoms with Gasteiger partial charge in [0.1, 0.15) is 5.58 Å². The van der Waals surface area contributed by atoms with Crippen LogP contribution in [0.3, 0.4) is 0 Å². The fraction of sp³-hybridized carbons (Fsp3) is 0.0435. The molecule has 0 atom stereocenters. The van der Waals surface area contributed by atoms with Crippen LogP contribution in [0, 0.1) is 6.92 Å². The fourth-order valence-electron chi connectivity index (χ4n) is 2.89. The number of esters is 1. The maximum atomic E-state index is 13.1. The van der Waals surface area contributed by atoms with E-state index < -0.39 is 11.4 Å². The number of halogens is 1. The second kappa shape index (κ2) is 7.33. The summed E-state index contributed by atoms with van der Waals surface area (Å²) in [5, 5.41) is 0.579. The number of aryl methyl sites for hydroxylation is 1. The van der Waals surface area contributed by atoms with Crippen LogP contribution in [0.1, 0.15) is 15.9 Å². The average molecular weight is 391 g/mol. The van der Waals surface area contributed by atoms with Crippen LogP contribution in [0.5, 0.6) is 5.75 Å². The van der Waals surface area contributed by atoms with E-state index in [2.05, 4.69) is 0 Å². The van der Waals surface area contributed by atoms with E-state index in [0.29, 0.717) is 16.5 Å². The van der Waals surface area contributed by atoms with Gasteiger partial charge in [0.05, 0.1) is 16.0 Å². The molecule has 0 radical (unpaired) electrons. The second-order valence-corrected chi connectivity index (χ2v) is 6.73. The molecule has 0 aliphatic rings. The third kappa shape index (κ3) is 3.30. The lowest BCUT2D eigenvalue weighted by atomic mass is 10.1. The summed E-state index contributed by atoms with van der Waals surface area (Å²) in [7, 11) is 0. The predicted molar refractivity (Wildman–Crippen MR) is 109 cm³/mol. The van der Waals surface area contributed by atoms with Gasteiger partial charge in [0.25, 0.3) is 0 Å². The molecule has 0 fully saturated rings. The van der Waals surface area contributed by atoms with E-state index in [0.717, 1.165) is 5.56 Å². The van der Waals surface area contributed by atoms with Crippen molar-refractivity contribution in [2.45, 2.75) is 6.92 Å². The van der Waals surface area contributed by atoms with E-state index in [1.54, 1.807) is 48.5 Å². The lowest BCUT2D eigenvalue weighted by Crippen LogP contribution is -2.16. The minimum atomic E-state index is -0.721. The zero-order chi connectivity index (χ0) is 19.7. The molecule has 0 saturated carbocycles. The van der Waals surface area contributed by atoms with Crippen molar-refractivity contribution >= 4 is 28.5 Å². The van der Waals surface area contributed by atoms with Crippen molar-refractivity contribution in [2.24, 2.45) is 0 Å². The highest BCUT2D eigenvalue weighted by Crippen LogP contribution is 2.32. The standard InChI is InChI=1S/C23H15ClO4/c1-14-10-12-15(13-11-14)21-22(20(25)17-7-3-5-9-19(17)27-21)28-23(26)16-6-2-4-8-18(16)24/h2-13H,1H3. The van der Waals surface area contributed by atoms with Gasteiger partial charge in [0.2, 0.25) is 11.2 Å². The largest absolute Gasteiger partial charge is 0.452 e. The minimum absolute atomic E-state index is 0.160. The lowest BCUT2D eigenvalue weighted by molar-refractivity contribution is 0.0731. The monoisotopic (exact) mass is 390 g/mol. The first-order valence-electron chi connectivity index (χ1n) is 8.64. The average Bonchev–Trinajstić information content (AvgIpc) is 2.71. The summed E-state index contributed by atoms with van der Waals surface area (Å²) in [6, 6.07) is 20.8. The van der Waals surface area contributed by atoms with Crippen LogP contribution in [0.2, 0.25) is 5.02 Å². The topological polar surface area (TPSA) is 56.5 Å². The van der Waals surface area contributed by atoms with Crippen molar-refractivity contribution < 1.29 is 13.9 Å². The normalized spacial score (nSPS) is 10.8. The van der Waals surface area contributed by atoms with Crippen LogP contribution < -0.4 is 10.2 Å². The smallest absolute Gasteiger partial charge is 0.345 e. The number of benzene rings is 3. The lowest BCUT2D eigenvalue weighted by Gasteiger charge is -2.11. The van der Waals surface area contributed by atoms with E-state index in [-0.39, 0.29) is 22.1 Å². The Morgan fingerprint density at radius 1 is 0.929 bits per heavy atom. The Hall–Kier alpha value is -3.37. The van der Waals surface area contributed by atoms with E-state index in [9.17, 15) is 9.59 Å². The van der Waals surface area contributed by atoms with Crippen LogP contribution >= 0.6 is 11.6 Å². The van der Waals surface area contributed by atoms with Gasteiger partial charge in [-0.15, -0.1) is 0 Å². The maximum Gasteiger partial charge on any atom is 0.345 e. The van der Waals surface area contributed by atoms with Gasteiger partial charge in [-0.25, -0.2) is 4.79 Å². The number of para-hydroxylation sites is 1. The number of carbonyl (C=O) groups excluding carboxylic acids is 1. The number of carbonyl (C=O) groups is 1. The number of rotatable bonds is 3. The van der Waals surface area contributed by atoms with E-state index in [1.165, 1.54) is 0 Å². The number of hydrogen-bond acceptors (Lipinski definition) is 4. The Morgan fingerprint density at radius 3 is 2.36 bits per heavy atom. The molecule has 5 heteroatoms. The Kier molecular flexibility index (Phi) is 4.72. The SMILES string of the molecule is Cc1ccc(-c2oc3ccccc3c(=O)c2OC(=O)c2ccccc2Cl)cc1. The highest BCUT2D eigenvalue weighted by Gasteiger charge is 2.22. The summed E-state index contributed by atoms with van der Waals surface area (Å²) >= 11 is 6.09. The van der Waals surface area contributed by atoms with Gasteiger partial charge >= 0.3 is 5.97 Å². The number of ether oxygens (including phenoxy) is 1. The van der Waals surface area contributed by atoms with Gasteiger partial charge in [-0.3, -0.25) is 4.79 Å². The first-order valence-corrected chi connectivity index (χ1v) is 9.02. The minimum Gasteiger partial charge on any atom is -0.452 e. The van der Waals surface area contributed by atoms with Crippen LogP contribution in [0.15, 0.2) is 82.0 Å². The molecule has 0 aliphatic heterocycles. The molecule has 4 rings (SSSR count). The molecule has 0 amide bonds. The Balaban J connectivity index is 1.90. The molecule has 0 aliphatic carbocycles. The highest BCUT2D eigenvalue weighted by molar-refractivity contribution is 6.33. The van der Waals surface area contributed by atoms with Gasteiger partial charge in [-0.1, -0.05) is 65.7 Å². The second-order valence-electron chi connectivity index (χ2n) is 6.32. The van der Waals surface area contributed by atoms with E-state index >= 15 is 0 Å². The first kappa shape index (κ1) is 18.0. The van der Waals surface area contributed by atoms with Crippen LogP contribution in [0.25, 0.3) is 22.3 Å². The zero-order valence-corrected chi connectivity index (χ0v) is 15.7. The summed E-state index contributed by atoms with van der Waals surface area (Å²) in [5.74, 6) is -0.682. The van der Waals surface area contributed by atoms with Crippen molar-refractivity contribution in [1.29, 1.82) is 0 Å². The molecule has 28 heavy (non-hydrogen) atoms. The molecule has 1 aromatic heterocycles. The number of fused-ring (bicyclic) bond motifs is 1. The third-order valence-corrected chi connectivity index (χ3v) is 4.69. The molecule has 4 aromatic rings. The molecule has 0 saturated heterocycles. The van der Waals surface area contributed by atoms with Gasteiger partial charge in [0.15, 0.2) is 5.76 Å².